The quantitative estimate of drug-likeness (QED) is 0.301. The molecule has 2 bridgehead atoms. The lowest BCUT2D eigenvalue weighted by atomic mass is 9.70. The number of hydrogen-bond donors (Lipinski definition) is 3. The molecule has 3 aliphatic heterocycles. The molecule has 1 spiro atoms. The number of alkyl halides is 1. The number of hydrogen-bond acceptors (Lipinski definition) is 6. The Hall–Kier alpha value is -1.78. The van der Waals surface area contributed by atoms with Crippen LogP contribution in [-0.2, 0) is 14.4 Å². The van der Waals surface area contributed by atoms with Crippen LogP contribution in [0.15, 0.2) is 24.3 Å². The monoisotopic (exact) mass is 623 g/mol. The molecule has 4 unspecified atom stereocenters. The molecule has 10 heteroatoms. The number of nitrogens with zero attached hydrogens (tertiary/aromatic N) is 1. The van der Waals surface area contributed by atoms with Gasteiger partial charge in [-0.1, -0.05) is 49.5 Å². The maximum Gasteiger partial charge on any atom is 0.244 e. The number of aliphatic hydroxyl groups is 1. The van der Waals surface area contributed by atoms with Crippen molar-refractivity contribution in [3.8, 4) is 5.75 Å². The van der Waals surface area contributed by atoms with Crippen LogP contribution in [0.4, 0.5) is 5.69 Å². The zero-order valence-electron chi connectivity index (χ0n) is 23.5. The van der Waals surface area contributed by atoms with Crippen molar-refractivity contribution in [3.05, 3.63) is 24.3 Å². The minimum absolute atomic E-state index is 0.00404. The molecule has 1 aromatic rings. The number of rotatable bonds is 12. The molecule has 3 saturated heterocycles. The molecule has 3 fully saturated rings. The minimum atomic E-state index is -0.751. The van der Waals surface area contributed by atoms with Gasteiger partial charge in [-0.15, -0.1) is 11.8 Å². The number of ether oxygens (including phenoxy) is 1. The van der Waals surface area contributed by atoms with Crippen LogP contribution in [0.25, 0.3) is 0 Å². The number of fused-ring (bicyclic) bond motifs is 1. The van der Waals surface area contributed by atoms with E-state index in [1.807, 2.05) is 39.8 Å². The van der Waals surface area contributed by atoms with E-state index >= 15 is 0 Å². The second-order valence-electron chi connectivity index (χ2n) is 11.2. The Labute approximate surface area is 244 Å². The van der Waals surface area contributed by atoms with Crippen molar-refractivity contribution in [2.24, 2.45) is 17.8 Å². The summed E-state index contributed by atoms with van der Waals surface area (Å²) in [6, 6.07) is 5.92. The lowest BCUT2D eigenvalue weighted by Crippen LogP contribution is -2.59. The Morgan fingerprint density at radius 1 is 1.21 bits per heavy atom. The van der Waals surface area contributed by atoms with Gasteiger partial charge in [0, 0.05) is 21.8 Å². The fraction of sp³-hybridized carbons (Fsp3) is 0.690. The highest BCUT2D eigenvalue weighted by Gasteiger charge is 2.76. The van der Waals surface area contributed by atoms with Crippen molar-refractivity contribution in [2.45, 2.75) is 93.3 Å². The average Bonchev–Trinajstić information content (AvgIpc) is 3.49. The first-order valence-electron chi connectivity index (χ1n) is 14.2. The van der Waals surface area contributed by atoms with Crippen molar-refractivity contribution in [3.63, 3.8) is 0 Å². The molecule has 0 saturated carbocycles. The molecule has 3 N–H and O–H groups in total. The number of anilines is 1. The normalized spacial score (nSPS) is 31.5. The molecule has 8 nitrogen and oxygen atoms in total. The number of amides is 3. The van der Waals surface area contributed by atoms with E-state index in [0.717, 1.165) is 25.0 Å². The number of benzene rings is 1. The van der Waals surface area contributed by atoms with Crippen LogP contribution in [0.3, 0.4) is 0 Å². The highest BCUT2D eigenvalue weighted by atomic mass is 79.9. The van der Waals surface area contributed by atoms with Crippen LogP contribution in [0, 0.1) is 17.8 Å². The van der Waals surface area contributed by atoms with Gasteiger partial charge < -0.3 is 25.4 Å². The number of aliphatic hydroxyl groups excluding tert-OH is 1. The second kappa shape index (κ2) is 12.4. The summed E-state index contributed by atoms with van der Waals surface area (Å²) in [5.74, 6) is -1.12. The summed E-state index contributed by atoms with van der Waals surface area (Å²) in [6.45, 7) is 10.3. The third-order valence-electron chi connectivity index (χ3n) is 8.67. The summed E-state index contributed by atoms with van der Waals surface area (Å²) in [6.07, 6.45) is 3.14. The molecule has 0 aliphatic carbocycles. The van der Waals surface area contributed by atoms with Crippen LogP contribution in [0.1, 0.15) is 60.3 Å². The van der Waals surface area contributed by atoms with E-state index in [4.69, 9.17) is 4.74 Å². The van der Waals surface area contributed by atoms with Crippen molar-refractivity contribution in [1.29, 1.82) is 0 Å². The van der Waals surface area contributed by atoms with Gasteiger partial charge in [0.1, 0.15) is 11.8 Å². The summed E-state index contributed by atoms with van der Waals surface area (Å²) >= 11 is 5.42. The number of carbonyl (C=O) groups is 3. The van der Waals surface area contributed by atoms with E-state index in [2.05, 4.69) is 33.5 Å². The second-order valence-corrected chi connectivity index (χ2v) is 13.9. The number of thioether (sulfide) groups is 1. The summed E-state index contributed by atoms with van der Waals surface area (Å²) in [5, 5.41) is 16.5. The van der Waals surface area contributed by atoms with Gasteiger partial charge in [0.2, 0.25) is 17.7 Å². The zero-order valence-corrected chi connectivity index (χ0v) is 25.9. The van der Waals surface area contributed by atoms with E-state index < -0.39 is 28.7 Å². The predicted octanol–water partition coefficient (Wildman–Crippen LogP) is 4.20. The minimum Gasteiger partial charge on any atom is -0.494 e. The van der Waals surface area contributed by atoms with Gasteiger partial charge in [0.15, 0.2) is 0 Å². The van der Waals surface area contributed by atoms with E-state index in [0.29, 0.717) is 18.7 Å². The van der Waals surface area contributed by atoms with Crippen molar-refractivity contribution in [2.75, 3.05) is 18.5 Å². The number of likely N-dealkylation sites (tertiary alicyclic amines) is 1. The summed E-state index contributed by atoms with van der Waals surface area (Å²) in [4.78, 5) is 43.8. The summed E-state index contributed by atoms with van der Waals surface area (Å²) < 4.78 is 4.77. The van der Waals surface area contributed by atoms with Gasteiger partial charge in [-0.3, -0.25) is 14.4 Å². The summed E-state index contributed by atoms with van der Waals surface area (Å²) in [7, 11) is 0. The van der Waals surface area contributed by atoms with Gasteiger partial charge in [-0.05, 0) is 56.9 Å². The summed E-state index contributed by atoms with van der Waals surface area (Å²) in [5.41, 5.74) is 0.634. The van der Waals surface area contributed by atoms with Crippen LogP contribution in [0.2, 0.25) is 0 Å². The Bertz CT molecular complexity index is 1060. The number of carbonyl (C=O) groups excluding carboxylic acids is 3. The molecule has 0 aromatic heterocycles. The standard InChI is InChI=1S/C29H42BrN3O5S/c1-6-9-17(5)31-27(36)25-29-14-20(30)24(39-29)22(23(29)28(37)33(25)21(15-34)16(4)7-2)26(35)32-18-10-12-19(13-11-18)38-8-3/h10-13,16-17,20-25,34H,6-9,14-15H2,1-5H3,(H,31,36)(H,32,35)/t16-,17?,20?,21-,22-,23-,24-,25?,29?/m0/s1. The molecule has 1 aromatic carbocycles. The molecule has 216 valence electrons. The smallest absolute Gasteiger partial charge is 0.244 e. The fourth-order valence-electron chi connectivity index (χ4n) is 6.69. The number of nitrogens with one attached hydrogen (secondary N) is 2. The molecule has 3 heterocycles. The number of halogens is 1. The van der Waals surface area contributed by atoms with Gasteiger partial charge in [-0.25, -0.2) is 0 Å². The molecular formula is C29H42BrN3O5S. The molecule has 3 aliphatic rings. The van der Waals surface area contributed by atoms with Crippen molar-refractivity contribution < 1.29 is 24.2 Å². The Morgan fingerprint density at radius 3 is 2.49 bits per heavy atom. The van der Waals surface area contributed by atoms with E-state index in [-0.39, 0.29) is 46.4 Å². The lowest BCUT2D eigenvalue weighted by molar-refractivity contribution is -0.143. The van der Waals surface area contributed by atoms with Gasteiger partial charge in [0.25, 0.3) is 0 Å². The first kappa shape index (κ1) is 30.2. The predicted molar refractivity (Wildman–Crippen MR) is 158 cm³/mol. The van der Waals surface area contributed by atoms with Crippen LogP contribution in [0.5, 0.6) is 5.75 Å². The van der Waals surface area contributed by atoms with Gasteiger partial charge in [-0.2, -0.15) is 0 Å². The third kappa shape index (κ3) is 5.45. The molecular weight excluding hydrogens is 582 g/mol. The van der Waals surface area contributed by atoms with Crippen LogP contribution in [-0.4, -0.2) is 73.9 Å². The van der Waals surface area contributed by atoms with E-state index in [1.54, 1.807) is 28.8 Å². The van der Waals surface area contributed by atoms with Crippen LogP contribution >= 0.6 is 27.7 Å². The molecule has 9 atom stereocenters. The average molecular weight is 625 g/mol. The largest absolute Gasteiger partial charge is 0.494 e. The van der Waals surface area contributed by atoms with E-state index in [9.17, 15) is 19.5 Å². The Morgan fingerprint density at radius 2 is 1.90 bits per heavy atom. The maximum atomic E-state index is 14.3. The maximum absolute atomic E-state index is 14.3. The first-order valence-corrected chi connectivity index (χ1v) is 16.0. The van der Waals surface area contributed by atoms with Crippen molar-refractivity contribution in [1.82, 2.24) is 10.2 Å². The highest BCUT2D eigenvalue weighted by molar-refractivity contribution is 9.09. The Kier molecular flexibility index (Phi) is 9.59. The van der Waals surface area contributed by atoms with Crippen molar-refractivity contribution >= 4 is 51.1 Å². The fourth-order valence-corrected chi connectivity index (χ4v) is 10.3. The third-order valence-corrected chi connectivity index (χ3v) is 11.9. The SMILES string of the molecule is CCCC(C)NC(=O)C1N([C@@H](CO)[C@@H](C)CC)C(=O)[C@@H]2[C@H](C(=O)Nc3ccc(OCC)cc3)[C@H]3SC12CC3Br. The zero-order chi connectivity index (χ0) is 28.5. The lowest BCUT2D eigenvalue weighted by Gasteiger charge is -2.39. The molecule has 0 radical (unpaired) electrons. The molecule has 4 rings (SSSR count). The van der Waals surface area contributed by atoms with Crippen LogP contribution < -0.4 is 15.4 Å². The Balaban J connectivity index is 1.69. The highest BCUT2D eigenvalue weighted by Crippen LogP contribution is 2.68. The molecule has 39 heavy (non-hydrogen) atoms. The molecule has 3 amide bonds. The topological polar surface area (TPSA) is 108 Å². The van der Waals surface area contributed by atoms with Gasteiger partial charge in [0.05, 0.1) is 35.8 Å². The first-order chi connectivity index (χ1) is 18.6. The van der Waals surface area contributed by atoms with E-state index in [1.165, 1.54) is 0 Å². The van der Waals surface area contributed by atoms with Gasteiger partial charge >= 0.3 is 0 Å².